The molecule has 0 saturated heterocycles. The van der Waals surface area contributed by atoms with Gasteiger partial charge in [-0.15, -0.1) is 0 Å². The molecule has 0 atom stereocenters. The molecule has 0 aliphatic rings. The quantitative estimate of drug-likeness (QED) is 0.522. The highest BCUT2D eigenvalue weighted by Gasteiger charge is 1.92. The molecule has 0 aliphatic carbocycles. The molecule has 0 aliphatic heterocycles. The summed E-state index contributed by atoms with van der Waals surface area (Å²) in [6.07, 6.45) is 0.672. The molecule has 0 aromatic rings. The molecule has 0 N–H and O–H groups in total. The Morgan fingerprint density at radius 3 is 2.43 bits per heavy atom. The normalized spacial score (nSPS) is 9.29. The standard InChI is InChI=1S/C4H7O2P/c1-2-4(5)3-7-6/h2-3H2,1H3. The fourth-order valence-corrected chi connectivity index (χ4v) is 0.551. The molecule has 40 valence electrons. The highest BCUT2D eigenvalue weighted by molar-refractivity contribution is 7.25. The van der Waals surface area contributed by atoms with Gasteiger partial charge in [0.25, 0.3) is 0 Å². The molecule has 0 unspecified atom stereocenters. The first-order chi connectivity index (χ1) is 3.31. The number of carbonyl (C=O) groups excluding carboxylic acids is 1. The zero-order chi connectivity index (χ0) is 5.70. The SMILES string of the molecule is CCC(=O)CP=O. The van der Waals surface area contributed by atoms with Crippen LogP contribution in [-0.4, -0.2) is 11.9 Å². The van der Waals surface area contributed by atoms with Gasteiger partial charge in [-0.2, -0.15) is 0 Å². The predicted molar refractivity (Wildman–Crippen MR) is 27.8 cm³/mol. The molecule has 0 radical (unpaired) electrons. The largest absolute Gasteiger partial charge is 0.299 e. The molecule has 0 aromatic heterocycles. The van der Waals surface area contributed by atoms with Crippen molar-refractivity contribution < 1.29 is 9.36 Å². The van der Waals surface area contributed by atoms with Crippen molar-refractivity contribution in [2.75, 3.05) is 6.16 Å². The Balaban J connectivity index is 3.17. The summed E-state index contributed by atoms with van der Waals surface area (Å²) in [7, 11) is -0.0599. The van der Waals surface area contributed by atoms with Crippen molar-refractivity contribution in [3.05, 3.63) is 0 Å². The summed E-state index contributed by atoms with van der Waals surface area (Å²) < 4.78 is 9.65. The third kappa shape index (κ3) is 3.60. The Morgan fingerprint density at radius 2 is 2.29 bits per heavy atom. The first-order valence-electron chi connectivity index (χ1n) is 2.12. The minimum Gasteiger partial charge on any atom is -0.299 e. The van der Waals surface area contributed by atoms with Crippen molar-refractivity contribution in [1.82, 2.24) is 0 Å². The van der Waals surface area contributed by atoms with E-state index in [0.717, 1.165) is 0 Å². The molecule has 0 fully saturated rings. The maximum Gasteiger partial charge on any atom is 0.163 e. The zero-order valence-electron chi connectivity index (χ0n) is 4.18. The van der Waals surface area contributed by atoms with Crippen molar-refractivity contribution in [1.29, 1.82) is 0 Å². The molecule has 0 saturated carbocycles. The van der Waals surface area contributed by atoms with Gasteiger partial charge in [0.1, 0.15) is 5.78 Å². The number of ketones is 1. The molecule has 0 spiro atoms. The predicted octanol–water partition coefficient (Wildman–Crippen LogP) is 1.26. The molecular formula is C4H7O2P. The second-order valence-electron chi connectivity index (χ2n) is 1.18. The van der Waals surface area contributed by atoms with Crippen LogP contribution in [0.5, 0.6) is 0 Å². The van der Waals surface area contributed by atoms with E-state index in [4.69, 9.17) is 0 Å². The Hall–Kier alpha value is -0.230. The van der Waals surface area contributed by atoms with Gasteiger partial charge in [0.05, 0.1) is 6.16 Å². The van der Waals surface area contributed by atoms with E-state index in [9.17, 15) is 9.36 Å². The maximum absolute atomic E-state index is 10.2. The fourth-order valence-electron chi connectivity index (χ4n) is 0.184. The number of Topliss-reactive ketones (excluding diaryl/α,β-unsaturated/α-hetero) is 1. The van der Waals surface area contributed by atoms with Gasteiger partial charge in [0, 0.05) is 6.42 Å². The Kier molecular flexibility index (Phi) is 3.81. The molecule has 0 heterocycles. The topological polar surface area (TPSA) is 34.1 Å². The highest BCUT2D eigenvalue weighted by Crippen LogP contribution is 1.92. The lowest BCUT2D eigenvalue weighted by Gasteiger charge is -1.79. The Morgan fingerprint density at radius 1 is 1.71 bits per heavy atom. The summed E-state index contributed by atoms with van der Waals surface area (Å²) in [5, 5.41) is 0. The second-order valence-corrected chi connectivity index (χ2v) is 1.75. The minimum absolute atomic E-state index is 0.0525. The smallest absolute Gasteiger partial charge is 0.163 e. The third-order valence-corrected chi connectivity index (χ3v) is 1.12. The zero-order valence-corrected chi connectivity index (χ0v) is 5.07. The van der Waals surface area contributed by atoms with Crippen molar-refractivity contribution in [3.63, 3.8) is 0 Å². The van der Waals surface area contributed by atoms with E-state index in [2.05, 4.69) is 0 Å². The summed E-state index contributed by atoms with van der Waals surface area (Å²) in [6.45, 7) is 1.76. The van der Waals surface area contributed by atoms with Crippen LogP contribution in [-0.2, 0) is 9.36 Å². The molecule has 3 heteroatoms. The number of hydrogen-bond donors (Lipinski definition) is 0. The van der Waals surface area contributed by atoms with Crippen LogP contribution in [0.1, 0.15) is 13.3 Å². The number of hydrogen-bond acceptors (Lipinski definition) is 2. The Bertz CT molecular complexity index is 79.8. The van der Waals surface area contributed by atoms with Crippen LogP contribution in [0.4, 0.5) is 0 Å². The van der Waals surface area contributed by atoms with Crippen molar-refractivity contribution in [2.24, 2.45) is 0 Å². The van der Waals surface area contributed by atoms with E-state index in [0.29, 0.717) is 6.42 Å². The minimum atomic E-state index is -0.0599. The lowest BCUT2D eigenvalue weighted by Crippen LogP contribution is -1.93. The van der Waals surface area contributed by atoms with Gasteiger partial charge in [0.2, 0.25) is 0 Å². The summed E-state index contributed by atoms with van der Waals surface area (Å²) in [4.78, 5) is 10.2. The molecule has 0 bridgehead atoms. The second kappa shape index (κ2) is 3.94. The van der Waals surface area contributed by atoms with E-state index >= 15 is 0 Å². The average Bonchev–Trinajstić information content (AvgIpc) is 1.68. The lowest BCUT2D eigenvalue weighted by molar-refractivity contribution is -0.116. The third-order valence-electron chi connectivity index (χ3n) is 0.635. The van der Waals surface area contributed by atoms with E-state index in [1.54, 1.807) is 6.92 Å². The van der Waals surface area contributed by atoms with Crippen molar-refractivity contribution >= 4 is 14.2 Å². The van der Waals surface area contributed by atoms with Gasteiger partial charge in [-0.1, -0.05) is 6.92 Å². The Labute approximate surface area is 44.1 Å². The van der Waals surface area contributed by atoms with Crippen molar-refractivity contribution in [3.8, 4) is 0 Å². The number of rotatable bonds is 3. The van der Waals surface area contributed by atoms with E-state index in [1.165, 1.54) is 0 Å². The van der Waals surface area contributed by atoms with Gasteiger partial charge >= 0.3 is 0 Å². The fraction of sp³-hybridized carbons (Fsp3) is 0.750. The van der Waals surface area contributed by atoms with Crippen LogP contribution in [0.3, 0.4) is 0 Å². The first-order valence-corrected chi connectivity index (χ1v) is 3.11. The lowest BCUT2D eigenvalue weighted by atomic mass is 10.4. The maximum atomic E-state index is 10.2. The van der Waals surface area contributed by atoms with E-state index < -0.39 is 0 Å². The van der Waals surface area contributed by atoms with Crippen LogP contribution in [0.15, 0.2) is 0 Å². The van der Waals surface area contributed by atoms with Gasteiger partial charge < -0.3 is 0 Å². The summed E-state index contributed by atoms with van der Waals surface area (Å²) in [5.74, 6) is 0.0525. The molecule has 0 rings (SSSR count). The van der Waals surface area contributed by atoms with Crippen LogP contribution in [0.2, 0.25) is 0 Å². The monoisotopic (exact) mass is 118 g/mol. The summed E-state index contributed by atoms with van der Waals surface area (Å²) in [6, 6.07) is 0. The van der Waals surface area contributed by atoms with Crippen LogP contribution in [0.25, 0.3) is 0 Å². The molecule has 0 amide bonds. The molecule has 2 nitrogen and oxygen atoms in total. The summed E-state index contributed by atoms with van der Waals surface area (Å²) >= 11 is 0. The van der Waals surface area contributed by atoms with Crippen molar-refractivity contribution in [2.45, 2.75) is 13.3 Å². The average molecular weight is 118 g/mol. The first kappa shape index (κ1) is 6.77. The number of carbonyl (C=O) groups is 1. The van der Waals surface area contributed by atoms with Gasteiger partial charge in [0.15, 0.2) is 8.46 Å². The van der Waals surface area contributed by atoms with Crippen LogP contribution in [0, 0.1) is 0 Å². The van der Waals surface area contributed by atoms with E-state index in [1.807, 2.05) is 0 Å². The van der Waals surface area contributed by atoms with Gasteiger partial charge in [-0.05, 0) is 0 Å². The molecular weight excluding hydrogens is 111 g/mol. The van der Waals surface area contributed by atoms with Gasteiger partial charge in [-0.3, -0.25) is 9.36 Å². The van der Waals surface area contributed by atoms with Crippen LogP contribution < -0.4 is 0 Å². The van der Waals surface area contributed by atoms with E-state index in [-0.39, 0.29) is 20.4 Å². The van der Waals surface area contributed by atoms with Crippen LogP contribution >= 0.6 is 8.46 Å². The summed E-state index contributed by atoms with van der Waals surface area (Å²) in [5.41, 5.74) is 0. The van der Waals surface area contributed by atoms with Gasteiger partial charge in [-0.25, -0.2) is 0 Å². The molecule has 0 aromatic carbocycles. The molecule has 7 heavy (non-hydrogen) atoms. The highest BCUT2D eigenvalue weighted by atomic mass is 31.1.